The lowest BCUT2D eigenvalue weighted by molar-refractivity contribution is -0.164. The van der Waals surface area contributed by atoms with Crippen molar-refractivity contribution in [2.24, 2.45) is 0 Å². The van der Waals surface area contributed by atoms with Gasteiger partial charge in [-0.05, 0) is 25.3 Å². The van der Waals surface area contributed by atoms with E-state index in [-0.39, 0.29) is 25.0 Å². The first-order valence-corrected chi connectivity index (χ1v) is 9.85. The molecule has 2 aliphatic rings. The summed E-state index contributed by atoms with van der Waals surface area (Å²) in [5.74, 6) is -1.19. The molecule has 0 bridgehead atoms. The number of nitrogens with zero attached hydrogens (tertiary/aromatic N) is 1. The van der Waals surface area contributed by atoms with Gasteiger partial charge in [0.1, 0.15) is 13.2 Å². The normalized spacial score (nSPS) is 23.0. The highest BCUT2D eigenvalue weighted by molar-refractivity contribution is 6.06. The lowest BCUT2D eigenvalue weighted by Gasteiger charge is -2.44. The number of carbonyl (C=O) groups excluding carboxylic acids is 3. The molecule has 1 spiro atoms. The molecule has 1 aromatic rings. The summed E-state index contributed by atoms with van der Waals surface area (Å²) in [4.78, 5) is 39.1. The van der Waals surface area contributed by atoms with E-state index in [2.05, 4.69) is 5.32 Å². The number of benzene rings is 1. The van der Waals surface area contributed by atoms with Crippen LogP contribution in [-0.4, -0.2) is 40.8 Å². The Balaban J connectivity index is 1.67. The van der Waals surface area contributed by atoms with Gasteiger partial charge >= 0.3 is 5.97 Å². The first-order chi connectivity index (χ1) is 13.0. The van der Waals surface area contributed by atoms with Gasteiger partial charge in [0.15, 0.2) is 0 Å². The van der Waals surface area contributed by atoms with Crippen LogP contribution in [-0.2, 0) is 25.7 Å². The summed E-state index contributed by atoms with van der Waals surface area (Å²) in [5, 5.41) is 3.27. The van der Waals surface area contributed by atoms with Crippen molar-refractivity contribution in [3.8, 4) is 0 Å². The number of rotatable bonds is 4. The molecule has 0 radical (unpaired) electrons. The summed E-state index contributed by atoms with van der Waals surface area (Å²) in [6, 6.07) is 8.86. The summed E-state index contributed by atoms with van der Waals surface area (Å²) >= 11 is 0. The minimum atomic E-state index is -0.729. The van der Waals surface area contributed by atoms with Gasteiger partial charge in [0.25, 0.3) is 0 Å². The maximum absolute atomic E-state index is 13.2. The lowest BCUT2D eigenvalue weighted by Crippen LogP contribution is -2.70. The van der Waals surface area contributed by atoms with Gasteiger partial charge in [0.05, 0.1) is 11.6 Å². The molecular formula is C21H28N2O4. The Morgan fingerprint density at radius 1 is 1.11 bits per heavy atom. The molecular weight excluding hydrogens is 344 g/mol. The summed E-state index contributed by atoms with van der Waals surface area (Å²) in [6.07, 6.45) is 6.69. The first kappa shape index (κ1) is 19.5. The molecule has 1 aliphatic carbocycles. The average molecular weight is 372 g/mol. The SMILES string of the molecule is C[C@@H]1NC2(CCCCCCC2)C(=O)N(CC(=O)OCc2ccccc2)C1=O. The minimum absolute atomic E-state index is 0.134. The Hall–Kier alpha value is -2.21. The van der Waals surface area contributed by atoms with Crippen LogP contribution in [0.5, 0.6) is 0 Å². The Morgan fingerprint density at radius 3 is 2.41 bits per heavy atom. The van der Waals surface area contributed by atoms with Gasteiger partial charge < -0.3 is 4.74 Å². The van der Waals surface area contributed by atoms with Crippen LogP contribution >= 0.6 is 0 Å². The molecule has 0 aromatic heterocycles. The van der Waals surface area contributed by atoms with E-state index in [0.717, 1.165) is 36.1 Å². The van der Waals surface area contributed by atoms with Gasteiger partial charge in [-0.25, -0.2) is 0 Å². The van der Waals surface area contributed by atoms with Gasteiger partial charge in [-0.15, -0.1) is 0 Å². The predicted molar refractivity (Wildman–Crippen MR) is 101 cm³/mol. The Bertz CT molecular complexity index is 681. The third-order valence-corrected chi connectivity index (χ3v) is 5.52. The molecule has 1 saturated carbocycles. The number of piperazine rings is 1. The summed E-state index contributed by atoms with van der Waals surface area (Å²) in [7, 11) is 0. The van der Waals surface area contributed by atoms with E-state index in [1.54, 1.807) is 6.92 Å². The standard InChI is InChI=1S/C21H28N2O4/c1-16-19(25)23(14-18(24)27-15-17-10-6-5-7-11-17)20(26)21(22-16)12-8-3-2-4-9-13-21/h5-7,10-11,16,22H,2-4,8-9,12-15H2,1H3/t16-/m0/s1. The fourth-order valence-corrected chi connectivity index (χ4v) is 4.06. The van der Waals surface area contributed by atoms with E-state index in [0.29, 0.717) is 12.8 Å². The number of hydrogen-bond acceptors (Lipinski definition) is 5. The van der Waals surface area contributed by atoms with Gasteiger partial charge in [-0.2, -0.15) is 0 Å². The van der Waals surface area contributed by atoms with Crippen LogP contribution in [0.25, 0.3) is 0 Å². The maximum atomic E-state index is 13.2. The summed E-state index contributed by atoms with van der Waals surface area (Å²) in [5.41, 5.74) is 0.140. The van der Waals surface area contributed by atoms with E-state index in [1.807, 2.05) is 30.3 Å². The van der Waals surface area contributed by atoms with Crippen LogP contribution in [0.15, 0.2) is 30.3 Å². The molecule has 27 heavy (non-hydrogen) atoms. The first-order valence-electron chi connectivity index (χ1n) is 9.85. The second-order valence-electron chi connectivity index (χ2n) is 7.59. The van der Waals surface area contributed by atoms with Crippen molar-refractivity contribution in [2.45, 2.75) is 70.1 Å². The Kier molecular flexibility index (Phi) is 6.26. The molecule has 1 aliphatic heterocycles. The number of imide groups is 1. The molecule has 3 rings (SSSR count). The highest BCUT2D eigenvalue weighted by atomic mass is 16.5. The van der Waals surface area contributed by atoms with E-state index >= 15 is 0 Å². The largest absolute Gasteiger partial charge is 0.459 e. The molecule has 6 nitrogen and oxygen atoms in total. The summed E-state index contributed by atoms with van der Waals surface area (Å²) in [6.45, 7) is 1.57. The van der Waals surface area contributed by atoms with Crippen LogP contribution in [0.2, 0.25) is 0 Å². The van der Waals surface area contributed by atoms with E-state index in [1.165, 1.54) is 6.42 Å². The molecule has 0 unspecified atom stereocenters. The highest BCUT2D eigenvalue weighted by Crippen LogP contribution is 2.31. The van der Waals surface area contributed by atoms with E-state index in [9.17, 15) is 14.4 Å². The topological polar surface area (TPSA) is 75.7 Å². The van der Waals surface area contributed by atoms with Crippen molar-refractivity contribution < 1.29 is 19.1 Å². The zero-order valence-electron chi connectivity index (χ0n) is 15.9. The van der Waals surface area contributed by atoms with Crippen molar-refractivity contribution in [3.63, 3.8) is 0 Å². The number of hydrogen-bond donors (Lipinski definition) is 1. The van der Waals surface area contributed by atoms with Crippen molar-refractivity contribution in [2.75, 3.05) is 6.54 Å². The zero-order chi connectivity index (χ0) is 19.3. The highest BCUT2D eigenvalue weighted by Gasteiger charge is 2.49. The number of nitrogens with one attached hydrogen (secondary N) is 1. The molecule has 2 amide bonds. The van der Waals surface area contributed by atoms with Gasteiger partial charge in [-0.3, -0.25) is 24.6 Å². The maximum Gasteiger partial charge on any atom is 0.326 e. The molecule has 1 heterocycles. The second kappa shape index (κ2) is 8.65. The quantitative estimate of drug-likeness (QED) is 0.649. The number of esters is 1. The fraction of sp³-hybridized carbons (Fsp3) is 0.571. The minimum Gasteiger partial charge on any atom is -0.459 e. The second-order valence-corrected chi connectivity index (χ2v) is 7.59. The smallest absolute Gasteiger partial charge is 0.326 e. The van der Waals surface area contributed by atoms with E-state index in [4.69, 9.17) is 4.74 Å². The monoisotopic (exact) mass is 372 g/mol. The van der Waals surface area contributed by atoms with Gasteiger partial charge in [-0.1, -0.05) is 62.4 Å². The average Bonchev–Trinajstić information content (AvgIpc) is 2.65. The molecule has 146 valence electrons. The van der Waals surface area contributed by atoms with Crippen LogP contribution in [0, 0.1) is 0 Å². The van der Waals surface area contributed by atoms with Crippen molar-refractivity contribution >= 4 is 17.8 Å². The van der Waals surface area contributed by atoms with Crippen molar-refractivity contribution in [1.82, 2.24) is 10.2 Å². The van der Waals surface area contributed by atoms with Crippen LogP contribution in [0.4, 0.5) is 0 Å². The van der Waals surface area contributed by atoms with E-state index < -0.39 is 17.6 Å². The Morgan fingerprint density at radius 2 is 1.74 bits per heavy atom. The van der Waals surface area contributed by atoms with Crippen molar-refractivity contribution in [3.05, 3.63) is 35.9 Å². The molecule has 1 atom stereocenters. The molecule has 1 aromatic carbocycles. The predicted octanol–water partition coefficient (Wildman–Crippen LogP) is 2.56. The lowest BCUT2D eigenvalue weighted by atomic mass is 9.80. The summed E-state index contributed by atoms with van der Waals surface area (Å²) < 4.78 is 5.28. The number of amides is 2. The molecule has 6 heteroatoms. The van der Waals surface area contributed by atoms with Crippen LogP contribution in [0.3, 0.4) is 0 Å². The van der Waals surface area contributed by atoms with Gasteiger partial charge in [0, 0.05) is 0 Å². The van der Waals surface area contributed by atoms with Gasteiger partial charge in [0.2, 0.25) is 11.8 Å². The van der Waals surface area contributed by atoms with Crippen LogP contribution in [0.1, 0.15) is 57.4 Å². The zero-order valence-corrected chi connectivity index (χ0v) is 15.9. The number of ether oxygens (including phenoxy) is 1. The third kappa shape index (κ3) is 4.56. The molecule has 2 fully saturated rings. The third-order valence-electron chi connectivity index (χ3n) is 5.52. The van der Waals surface area contributed by atoms with Crippen molar-refractivity contribution in [1.29, 1.82) is 0 Å². The Labute approximate surface area is 160 Å². The number of carbonyl (C=O) groups is 3. The fourth-order valence-electron chi connectivity index (χ4n) is 4.06. The molecule has 1 saturated heterocycles. The molecule has 1 N–H and O–H groups in total. The van der Waals surface area contributed by atoms with Crippen LogP contribution < -0.4 is 5.32 Å².